The Morgan fingerprint density at radius 2 is 1.86 bits per heavy atom. The van der Waals surface area contributed by atoms with Crippen LogP contribution in [0.2, 0.25) is 0 Å². The monoisotopic (exact) mass is 434 g/mol. The molecule has 2 saturated heterocycles. The highest BCUT2D eigenvalue weighted by Gasteiger charge is 2.33. The maximum Gasteiger partial charge on any atom is 0.224 e. The average molecular weight is 435 g/mol. The minimum absolute atomic E-state index is 0.00348. The van der Waals surface area contributed by atoms with E-state index in [1.807, 2.05) is 41.8 Å². The van der Waals surface area contributed by atoms with Gasteiger partial charge < -0.3 is 5.32 Å². The molecule has 7 nitrogen and oxygen atoms in total. The first-order chi connectivity index (χ1) is 14.0. The number of carbonyl (C=O) groups excluding carboxylic acids is 1. The van der Waals surface area contributed by atoms with Gasteiger partial charge in [0.25, 0.3) is 0 Å². The zero-order valence-corrected chi connectivity index (χ0v) is 17.7. The minimum atomic E-state index is -3.36. The summed E-state index contributed by atoms with van der Waals surface area (Å²) in [6.07, 6.45) is 1.77. The van der Waals surface area contributed by atoms with Crippen molar-refractivity contribution in [1.82, 2.24) is 20.5 Å². The Morgan fingerprint density at radius 3 is 2.55 bits per heavy atom. The fraction of sp³-hybridized carbons (Fsp3) is 0.450. The lowest BCUT2D eigenvalue weighted by Crippen LogP contribution is -2.49. The molecule has 0 radical (unpaired) electrons. The minimum Gasteiger partial charge on any atom is -0.339 e. The molecule has 4 rings (SSSR count). The maximum atomic E-state index is 12.7. The van der Waals surface area contributed by atoms with Gasteiger partial charge in [0.2, 0.25) is 15.9 Å². The number of rotatable bonds is 6. The molecule has 2 aliphatic heterocycles. The van der Waals surface area contributed by atoms with Gasteiger partial charge in [0.15, 0.2) is 0 Å². The predicted octanol–water partition coefficient (Wildman–Crippen LogP) is 1.97. The van der Waals surface area contributed by atoms with Gasteiger partial charge in [-0.25, -0.2) is 23.6 Å². The van der Waals surface area contributed by atoms with Crippen LogP contribution in [0.4, 0.5) is 0 Å². The molecule has 1 amide bonds. The highest BCUT2D eigenvalue weighted by atomic mass is 32.2. The molecule has 2 aliphatic rings. The molecule has 0 saturated carbocycles. The second-order valence-electron chi connectivity index (χ2n) is 7.57. The van der Waals surface area contributed by atoms with E-state index in [-0.39, 0.29) is 29.8 Å². The quantitative estimate of drug-likeness (QED) is 0.647. The van der Waals surface area contributed by atoms with Crippen molar-refractivity contribution in [3.63, 3.8) is 0 Å². The fourth-order valence-corrected chi connectivity index (χ4v) is 6.24. The van der Waals surface area contributed by atoms with Gasteiger partial charge in [-0.15, -0.1) is 11.3 Å². The normalized spacial score (nSPS) is 23.9. The number of hydrogen-bond donors (Lipinski definition) is 3. The van der Waals surface area contributed by atoms with E-state index in [4.69, 9.17) is 0 Å². The number of amides is 1. The molecule has 3 heterocycles. The first kappa shape index (κ1) is 20.5. The maximum absolute atomic E-state index is 12.7. The van der Waals surface area contributed by atoms with Crippen LogP contribution in [-0.4, -0.2) is 37.9 Å². The molecule has 29 heavy (non-hydrogen) atoms. The summed E-state index contributed by atoms with van der Waals surface area (Å²) in [5, 5.41) is 5.10. The number of hydrazine groups is 1. The average Bonchev–Trinajstić information content (AvgIpc) is 3.40. The van der Waals surface area contributed by atoms with Gasteiger partial charge in [0, 0.05) is 30.3 Å². The molecule has 2 fully saturated rings. The molecule has 2 aromatic rings. The van der Waals surface area contributed by atoms with Crippen molar-refractivity contribution in [2.24, 2.45) is 5.92 Å². The second-order valence-corrected chi connectivity index (χ2v) is 10.5. The Labute approximate surface area is 175 Å². The summed E-state index contributed by atoms with van der Waals surface area (Å²) in [4.78, 5) is 13.9. The molecule has 156 valence electrons. The smallest absolute Gasteiger partial charge is 0.224 e. The number of nitrogens with zero attached hydrogens (tertiary/aromatic N) is 1. The van der Waals surface area contributed by atoms with Crippen molar-refractivity contribution in [3.05, 3.63) is 58.3 Å². The van der Waals surface area contributed by atoms with Crippen molar-refractivity contribution in [2.75, 3.05) is 13.1 Å². The molecule has 0 bridgehead atoms. The third kappa shape index (κ3) is 5.04. The Balaban J connectivity index is 1.25. The van der Waals surface area contributed by atoms with Crippen LogP contribution in [0.15, 0.2) is 47.8 Å². The third-order valence-corrected chi connectivity index (χ3v) is 8.35. The predicted molar refractivity (Wildman–Crippen MR) is 113 cm³/mol. The van der Waals surface area contributed by atoms with Crippen molar-refractivity contribution < 1.29 is 13.2 Å². The largest absolute Gasteiger partial charge is 0.339 e. The van der Waals surface area contributed by atoms with Gasteiger partial charge in [-0.2, -0.15) is 0 Å². The Kier molecular flexibility index (Phi) is 6.31. The van der Waals surface area contributed by atoms with Crippen LogP contribution in [0.5, 0.6) is 0 Å². The summed E-state index contributed by atoms with van der Waals surface area (Å²) in [6.45, 7) is 0.781. The lowest BCUT2D eigenvalue weighted by molar-refractivity contribution is -0.127. The van der Waals surface area contributed by atoms with E-state index in [9.17, 15) is 13.2 Å². The van der Waals surface area contributed by atoms with E-state index in [0.29, 0.717) is 25.9 Å². The number of hydrogen-bond acceptors (Lipinski definition) is 6. The molecular formula is C20H26N4O3S2. The van der Waals surface area contributed by atoms with Crippen molar-refractivity contribution in [1.29, 1.82) is 0 Å². The van der Waals surface area contributed by atoms with Crippen molar-refractivity contribution in [2.45, 2.75) is 37.2 Å². The molecule has 2 atom stereocenters. The van der Waals surface area contributed by atoms with E-state index in [1.54, 1.807) is 11.3 Å². The van der Waals surface area contributed by atoms with Crippen LogP contribution in [-0.2, 0) is 20.6 Å². The molecule has 1 aromatic heterocycles. The third-order valence-electron chi connectivity index (χ3n) is 5.52. The number of carbonyl (C=O) groups is 1. The van der Waals surface area contributed by atoms with Crippen LogP contribution in [0.1, 0.15) is 35.7 Å². The first-order valence-electron chi connectivity index (χ1n) is 9.88. The highest BCUT2D eigenvalue weighted by molar-refractivity contribution is 7.88. The highest BCUT2D eigenvalue weighted by Crippen LogP contribution is 2.26. The Bertz CT molecular complexity index is 910. The summed E-state index contributed by atoms with van der Waals surface area (Å²) in [5.74, 6) is -0.149. The van der Waals surface area contributed by atoms with Gasteiger partial charge in [-0.05, 0) is 29.9 Å². The van der Waals surface area contributed by atoms with Crippen molar-refractivity contribution in [3.8, 4) is 0 Å². The molecule has 9 heteroatoms. The van der Waals surface area contributed by atoms with Crippen molar-refractivity contribution >= 4 is 27.3 Å². The zero-order valence-electron chi connectivity index (χ0n) is 16.1. The van der Waals surface area contributed by atoms with Gasteiger partial charge in [-0.3, -0.25) is 4.79 Å². The van der Waals surface area contributed by atoms with Crippen LogP contribution >= 0.6 is 11.3 Å². The number of nitrogens with one attached hydrogen (secondary N) is 3. The Hall–Kier alpha value is -1.78. The molecule has 2 unspecified atom stereocenters. The van der Waals surface area contributed by atoms with Gasteiger partial charge in [0.05, 0.1) is 18.0 Å². The summed E-state index contributed by atoms with van der Waals surface area (Å²) in [5.41, 5.74) is 7.15. The lowest BCUT2D eigenvalue weighted by Gasteiger charge is -2.31. The first-order valence-corrected chi connectivity index (χ1v) is 12.4. The number of sulfonamides is 1. The summed E-state index contributed by atoms with van der Waals surface area (Å²) < 4.78 is 26.9. The zero-order chi connectivity index (χ0) is 20.3. The van der Waals surface area contributed by atoms with Gasteiger partial charge in [-0.1, -0.05) is 36.4 Å². The van der Waals surface area contributed by atoms with Gasteiger partial charge >= 0.3 is 0 Å². The molecule has 0 aliphatic carbocycles. The molecule has 1 aromatic carbocycles. The number of benzene rings is 1. The summed E-state index contributed by atoms with van der Waals surface area (Å²) in [6, 6.07) is 13.5. The SMILES string of the molecule is O=C(NC1CC(c2cccs2)NN1)C1CCN(S(=O)(=O)Cc2ccccc2)CC1. The number of thiophene rings is 1. The summed E-state index contributed by atoms with van der Waals surface area (Å²) >= 11 is 1.69. The van der Waals surface area contributed by atoms with Crippen LogP contribution in [0.25, 0.3) is 0 Å². The molecule has 3 N–H and O–H groups in total. The van der Waals surface area contributed by atoms with E-state index in [0.717, 1.165) is 12.0 Å². The van der Waals surface area contributed by atoms with E-state index in [1.165, 1.54) is 9.18 Å². The summed E-state index contributed by atoms with van der Waals surface area (Å²) in [7, 11) is -3.36. The fourth-order valence-electron chi connectivity index (χ4n) is 3.89. The van der Waals surface area contributed by atoms with Crippen LogP contribution in [0.3, 0.4) is 0 Å². The second kappa shape index (κ2) is 8.93. The van der Waals surface area contributed by atoms with Crippen LogP contribution in [0, 0.1) is 5.92 Å². The lowest BCUT2D eigenvalue weighted by atomic mass is 9.97. The van der Waals surface area contributed by atoms with E-state index < -0.39 is 10.0 Å². The van der Waals surface area contributed by atoms with Gasteiger partial charge in [0.1, 0.15) is 0 Å². The standard InChI is InChI=1S/C20H26N4O3S2/c25-20(21-19-13-17(22-23-19)18-7-4-12-28-18)16-8-10-24(11-9-16)29(26,27)14-15-5-2-1-3-6-15/h1-7,12,16-17,19,22-23H,8-11,13-14H2,(H,21,25). The van der Waals surface area contributed by atoms with E-state index >= 15 is 0 Å². The van der Waals surface area contributed by atoms with Crippen LogP contribution < -0.4 is 16.2 Å². The molecular weight excluding hydrogens is 408 g/mol. The number of piperidine rings is 1. The topological polar surface area (TPSA) is 90.5 Å². The Morgan fingerprint density at radius 1 is 1.10 bits per heavy atom. The molecule has 0 spiro atoms. The van der Waals surface area contributed by atoms with E-state index in [2.05, 4.69) is 22.2 Å².